The second-order valence-electron chi connectivity index (χ2n) is 6.05. The van der Waals surface area contributed by atoms with Gasteiger partial charge in [0, 0.05) is 23.3 Å². The van der Waals surface area contributed by atoms with E-state index in [0.29, 0.717) is 0 Å². The molecule has 1 aromatic rings. The van der Waals surface area contributed by atoms with Crippen LogP contribution < -0.4 is 5.32 Å². The van der Waals surface area contributed by atoms with Crippen LogP contribution in [0.5, 0.6) is 0 Å². The van der Waals surface area contributed by atoms with Gasteiger partial charge < -0.3 is 14.8 Å². The van der Waals surface area contributed by atoms with Gasteiger partial charge in [0.2, 0.25) is 0 Å². The fourth-order valence-corrected chi connectivity index (χ4v) is 3.78. The molecule has 0 radical (unpaired) electrons. The van der Waals surface area contributed by atoms with Crippen LogP contribution in [0.3, 0.4) is 0 Å². The van der Waals surface area contributed by atoms with Gasteiger partial charge in [-0.1, -0.05) is 0 Å². The standard InChI is InChI=1S/C13H20N2O2S/c1-12(2,3)15-11-14-9-4-5-13(8-10(9)18-11)16-6-7-17-13/h4-8H2,1-3H3,(H,14,15). The lowest BCUT2D eigenvalue weighted by molar-refractivity contribution is -0.163. The van der Waals surface area contributed by atoms with Crippen molar-refractivity contribution in [1.82, 2.24) is 4.98 Å². The van der Waals surface area contributed by atoms with E-state index in [1.54, 1.807) is 11.3 Å². The topological polar surface area (TPSA) is 43.4 Å². The molecule has 18 heavy (non-hydrogen) atoms. The van der Waals surface area contributed by atoms with E-state index in [2.05, 4.69) is 31.1 Å². The van der Waals surface area contributed by atoms with E-state index < -0.39 is 0 Å². The summed E-state index contributed by atoms with van der Waals surface area (Å²) in [7, 11) is 0. The third-order valence-electron chi connectivity index (χ3n) is 3.25. The highest BCUT2D eigenvalue weighted by Crippen LogP contribution is 2.39. The maximum atomic E-state index is 5.78. The van der Waals surface area contributed by atoms with Crippen molar-refractivity contribution in [2.75, 3.05) is 18.5 Å². The van der Waals surface area contributed by atoms with E-state index in [9.17, 15) is 0 Å². The van der Waals surface area contributed by atoms with Crippen molar-refractivity contribution in [3.8, 4) is 0 Å². The fourth-order valence-electron chi connectivity index (χ4n) is 2.48. The Morgan fingerprint density at radius 3 is 2.67 bits per heavy atom. The van der Waals surface area contributed by atoms with Crippen LogP contribution in [0.2, 0.25) is 0 Å². The Labute approximate surface area is 112 Å². The first-order valence-corrected chi connectivity index (χ1v) is 7.32. The van der Waals surface area contributed by atoms with Crippen LogP contribution in [-0.2, 0) is 22.3 Å². The molecule has 0 atom stereocenters. The number of hydrogen-bond donors (Lipinski definition) is 1. The maximum Gasteiger partial charge on any atom is 0.183 e. The summed E-state index contributed by atoms with van der Waals surface area (Å²) in [5.41, 5.74) is 1.27. The average Bonchev–Trinajstić information content (AvgIpc) is 2.83. The molecular weight excluding hydrogens is 248 g/mol. The van der Waals surface area contributed by atoms with Crippen molar-refractivity contribution >= 4 is 16.5 Å². The normalized spacial score (nSPS) is 22.2. The summed E-state index contributed by atoms with van der Waals surface area (Å²) in [5.74, 6) is -0.349. The maximum absolute atomic E-state index is 5.78. The minimum Gasteiger partial charge on any atom is -0.357 e. The van der Waals surface area contributed by atoms with Crippen LogP contribution in [0.15, 0.2) is 0 Å². The van der Waals surface area contributed by atoms with Crippen molar-refractivity contribution in [1.29, 1.82) is 0 Å². The summed E-state index contributed by atoms with van der Waals surface area (Å²) >= 11 is 1.74. The predicted octanol–water partition coefficient (Wildman–Crippen LogP) is 2.59. The molecule has 0 aromatic carbocycles. The quantitative estimate of drug-likeness (QED) is 0.850. The van der Waals surface area contributed by atoms with Gasteiger partial charge in [-0.05, 0) is 27.2 Å². The molecule has 4 nitrogen and oxygen atoms in total. The SMILES string of the molecule is CC(C)(C)Nc1nc2c(s1)CC1(CC2)OCCO1. The molecular formula is C13H20N2O2S. The second kappa shape index (κ2) is 4.18. The minimum atomic E-state index is -0.349. The van der Waals surface area contributed by atoms with Gasteiger partial charge in [0.1, 0.15) is 0 Å². The van der Waals surface area contributed by atoms with Crippen LogP contribution in [0.25, 0.3) is 0 Å². The van der Waals surface area contributed by atoms with Crippen molar-refractivity contribution in [2.24, 2.45) is 0 Å². The first kappa shape index (κ1) is 12.4. The Morgan fingerprint density at radius 2 is 2.00 bits per heavy atom. The predicted molar refractivity (Wildman–Crippen MR) is 72.1 cm³/mol. The molecule has 0 bridgehead atoms. The number of ether oxygens (including phenoxy) is 2. The number of aromatic nitrogens is 1. The molecule has 5 heteroatoms. The molecule has 2 aliphatic rings. The summed E-state index contributed by atoms with van der Waals surface area (Å²) < 4.78 is 11.6. The number of thiazole rings is 1. The van der Waals surface area contributed by atoms with Gasteiger partial charge in [0.25, 0.3) is 0 Å². The minimum absolute atomic E-state index is 0.0541. The van der Waals surface area contributed by atoms with Gasteiger partial charge in [-0.25, -0.2) is 4.98 Å². The Bertz CT molecular complexity index is 444. The van der Waals surface area contributed by atoms with Crippen LogP contribution in [0, 0.1) is 0 Å². The van der Waals surface area contributed by atoms with E-state index in [4.69, 9.17) is 9.47 Å². The molecule has 1 N–H and O–H groups in total. The zero-order valence-corrected chi connectivity index (χ0v) is 12.0. The zero-order chi connectivity index (χ0) is 12.8. The number of fused-ring (bicyclic) bond motifs is 1. The Morgan fingerprint density at radius 1 is 1.28 bits per heavy atom. The molecule has 3 rings (SSSR count). The lowest BCUT2D eigenvalue weighted by atomic mass is 9.96. The summed E-state index contributed by atoms with van der Waals surface area (Å²) in [5, 5.41) is 4.46. The highest BCUT2D eigenvalue weighted by atomic mass is 32.1. The largest absolute Gasteiger partial charge is 0.357 e. The summed E-state index contributed by atoms with van der Waals surface area (Å²) in [4.78, 5) is 6.00. The fraction of sp³-hybridized carbons (Fsp3) is 0.769. The van der Waals surface area contributed by atoms with Gasteiger partial charge in [0.05, 0.1) is 18.9 Å². The second-order valence-corrected chi connectivity index (χ2v) is 7.13. The molecule has 0 unspecified atom stereocenters. The first-order valence-electron chi connectivity index (χ1n) is 6.51. The van der Waals surface area contributed by atoms with E-state index >= 15 is 0 Å². The number of rotatable bonds is 1. The van der Waals surface area contributed by atoms with Crippen LogP contribution in [0.4, 0.5) is 5.13 Å². The first-order chi connectivity index (χ1) is 8.46. The van der Waals surface area contributed by atoms with Gasteiger partial charge in [-0.15, -0.1) is 11.3 Å². The molecule has 1 aliphatic carbocycles. The van der Waals surface area contributed by atoms with Crippen LogP contribution in [0.1, 0.15) is 37.8 Å². The average molecular weight is 268 g/mol. The van der Waals surface area contributed by atoms with Crippen LogP contribution >= 0.6 is 11.3 Å². The molecule has 1 spiro atoms. The molecule has 1 fully saturated rings. The van der Waals surface area contributed by atoms with E-state index in [-0.39, 0.29) is 11.3 Å². The van der Waals surface area contributed by atoms with E-state index in [1.807, 2.05) is 0 Å². The Kier molecular flexibility index (Phi) is 2.88. The monoisotopic (exact) mass is 268 g/mol. The number of nitrogens with one attached hydrogen (secondary N) is 1. The lowest BCUT2D eigenvalue weighted by Gasteiger charge is -2.30. The third kappa shape index (κ3) is 2.39. The van der Waals surface area contributed by atoms with Gasteiger partial charge in [-0.2, -0.15) is 0 Å². The molecule has 0 saturated carbocycles. The van der Waals surface area contributed by atoms with Gasteiger partial charge in [-0.3, -0.25) is 0 Å². The van der Waals surface area contributed by atoms with Crippen molar-refractivity contribution in [2.45, 2.75) is 51.4 Å². The van der Waals surface area contributed by atoms with Crippen molar-refractivity contribution in [3.63, 3.8) is 0 Å². The number of nitrogens with zero attached hydrogens (tertiary/aromatic N) is 1. The highest BCUT2D eigenvalue weighted by Gasteiger charge is 2.41. The van der Waals surface area contributed by atoms with E-state index in [0.717, 1.165) is 37.6 Å². The zero-order valence-electron chi connectivity index (χ0n) is 11.2. The molecule has 2 heterocycles. The molecule has 100 valence electrons. The summed E-state index contributed by atoms with van der Waals surface area (Å²) in [6.07, 6.45) is 2.74. The molecule has 1 aliphatic heterocycles. The highest BCUT2D eigenvalue weighted by molar-refractivity contribution is 7.15. The lowest BCUT2D eigenvalue weighted by Crippen LogP contribution is -2.36. The summed E-state index contributed by atoms with van der Waals surface area (Å²) in [6, 6.07) is 0. The van der Waals surface area contributed by atoms with Crippen LogP contribution in [-0.4, -0.2) is 29.5 Å². The third-order valence-corrected chi connectivity index (χ3v) is 4.26. The smallest absolute Gasteiger partial charge is 0.183 e. The Hall–Kier alpha value is -0.650. The molecule has 1 aromatic heterocycles. The van der Waals surface area contributed by atoms with Crippen molar-refractivity contribution < 1.29 is 9.47 Å². The Balaban J connectivity index is 1.79. The summed E-state index contributed by atoms with van der Waals surface area (Å²) in [6.45, 7) is 7.90. The van der Waals surface area contributed by atoms with Gasteiger partial charge in [0.15, 0.2) is 10.9 Å². The number of hydrogen-bond acceptors (Lipinski definition) is 5. The number of anilines is 1. The molecule has 1 saturated heterocycles. The molecule has 0 amide bonds. The van der Waals surface area contributed by atoms with Crippen molar-refractivity contribution in [3.05, 3.63) is 10.6 Å². The van der Waals surface area contributed by atoms with E-state index in [1.165, 1.54) is 10.6 Å². The van der Waals surface area contributed by atoms with Gasteiger partial charge >= 0.3 is 0 Å². The number of aryl methyl sites for hydroxylation is 1.